The molecule has 2 aliphatic rings. The lowest BCUT2D eigenvalue weighted by molar-refractivity contribution is -0.135. The van der Waals surface area contributed by atoms with E-state index in [0.29, 0.717) is 54.3 Å². The fourth-order valence-corrected chi connectivity index (χ4v) is 4.19. The summed E-state index contributed by atoms with van der Waals surface area (Å²) < 4.78 is 0.698. The van der Waals surface area contributed by atoms with Gasteiger partial charge in [-0.3, -0.25) is 9.59 Å². The van der Waals surface area contributed by atoms with E-state index in [0.717, 1.165) is 31.6 Å². The number of rotatable bonds is 10. The summed E-state index contributed by atoms with van der Waals surface area (Å²) in [5.74, 6) is 0.142. The Labute approximate surface area is 211 Å². The summed E-state index contributed by atoms with van der Waals surface area (Å²) in [6.45, 7) is 2.54. The van der Waals surface area contributed by atoms with E-state index < -0.39 is 11.3 Å². The number of halogens is 1. The molecule has 1 aromatic heterocycles. The maximum absolute atomic E-state index is 12.3. The summed E-state index contributed by atoms with van der Waals surface area (Å²) in [5, 5.41) is 12.1. The third-order valence-corrected chi connectivity index (χ3v) is 6.68. The fourth-order valence-electron chi connectivity index (χ4n) is 3.85. The first-order valence-electron chi connectivity index (χ1n) is 11.6. The SMILES string of the molecule is NC(=O)C1(C(=O)NCCCNc2nc(Nc3cccc(NC(=O)N4CCCC4)c3)ncc2Br)CC1. The van der Waals surface area contributed by atoms with Crippen LogP contribution in [0.2, 0.25) is 0 Å². The van der Waals surface area contributed by atoms with Gasteiger partial charge in [0.25, 0.3) is 0 Å². The Bertz CT molecular complexity index is 1100. The van der Waals surface area contributed by atoms with Crippen molar-refractivity contribution in [1.29, 1.82) is 0 Å². The van der Waals surface area contributed by atoms with Gasteiger partial charge < -0.3 is 31.9 Å². The number of carbonyl (C=O) groups is 3. The quantitative estimate of drug-likeness (QED) is 0.227. The number of carbonyl (C=O) groups excluding carboxylic acids is 3. The van der Waals surface area contributed by atoms with Crippen LogP contribution in [0.15, 0.2) is 34.9 Å². The molecule has 0 unspecified atom stereocenters. The first kappa shape index (κ1) is 24.7. The van der Waals surface area contributed by atoms with Crippen molar-refractivity contribution in [3.05, 3.63) is 34.9 Å². The molecule has 35 heavy (non-hydrogen) atoms. The number of nitrogens with one attached hydrogen (secondary N) is 4. The molecule has 2 heterocycles. The number of urea groups is 1. The van der Waals surface area contributed by atoms with Crippen molar-refractivity contribution in [3.8, 4) is 0 Å². The van der Waals surface area contributed by atoms with Gasteiger partial charge in [-0.05, 0) is 66.2 Å². The molecule has 1 aromatic carbocycles. The van der Waals surface area contributed by atoms with Crippen molar-refractivity contribution >= 4 is 56.9 Å². The lowest BCUT2D eigenvalue weighted by Crippen LogP contribution is -2.41. The number of primary amides is 1. The van der Waals surface area contributed by atoms with E-state index in [1.807, 2.05) is 29.2 Å². The number of hydrogen-bond acceptors (Lipinski definition) is 7. The number of benzene rings is 1. The van der Waals surface area contributed by atoms with Gasteiger partial charge >= 0.3 is 6.03 Å². The monoisotopic (exact) mass is 544 g/mol. The summed E-state index contributed by atoms with van der Waals surface area (Å²) in [6, 6.07) is 7.28. The molecule has 2 aromatic rings. The van der Waals surface area contributed by atoms with Crippen LogP contribution in [0.1, 0.15) is 32.1 Å². The van der Waals surface area contributed by atoms with Crippen LogP contribution in [0.5, 0.6) is 0 Å². The highest BCUT2D eigenvalue weighted by atomic mass is 79.9. The molecule has 11 nitrogen and oxygen atoms in total. The number of nitrogens with two attached hydrogens (primary N) is 1. The zero-order valence-electron chi connectivity index (χ0n) is 19.3. The standard InChI is InChI=1S/C23H29BrN8O3/c24-17-14-28-21(29-15-5-3-6-16(13-15)30-22(35)32-11-1-2-12-32)31-18(17)26-9-4-10-27-20(34)23(7-8-23)19(25)33/h3,5-6,13-14H,1-2,4,7-12H2,(H2,25,33)(H,27,34)(H,30,35)(H2,26,28,29,31). The van der Waals surface area contributed by atoms with E-state index in [9.17, 15) is 14.4 Å². The third kappa shape index (κ3) is 6.18. The number of amides is 4. The predicted molar refractivity (Wildman–Crippen MR) is 136 cm³/mol. The maximum atomic E-state index is 12.3. The largest absolute Gasteiger partial charge is 0.369 e. The summed E-state index contributed by atoms with van der Waals surface area (Å²) >= 11 is 3.44. The topological polar surface area (TPSA) is 154 Å². The number of likely N-dealkylation sites (tertiary alicyclic amines) is 1. The van der Waals surface area contributed by atoms with Gasteiger partial charge in [-0.25, -0.2) is 9.78 Å². The molecular weight excluding hydrogens is 516 g/mol. The van der Waals surface area contributed by atoms with E-state index in [4.69, 9.17) is 5.73 Å². The van der Waals surface area contributed by atoms with Crippen molar-refractivity contribution in [2.75, 3.05) is 42.1 Å². The van der Waals surface area contributed by atoms with Crippen LogP contribution in [0.4, 0.5) is 27.9 Å². The molecule has 0 spiro atoms. The molecule has 2 fully saturated rings. The van der Waals surface area contributed by atoms with Gasteiger partial charge in [0.1, 0.15) is 11.2 Å². The zero-order chi connectivity index (χ0) is 24.8. The van der Waals surface area contributed by atoms with Crippen LogP contribution in [-0.2, 0) is 9.59 Å². The Morgan fingerprint density at radius 1 is 1.11 bits per heavy atom. The van der Waals surface area contributed by atoms with Crippen molar-refractivity contribution in [3.63, 3.8) is 0 Å². The lowest BCUT2D eigenvalue weighted by Gasteiger charge is -2.16. The van der Waals surface area contributed by atoms with Gasteiger partial charge in [0.2, 0.25) is 17.8 Å². The Morgan fingerprint density at radius 3 is 2.57 bits per heavy atom. The third-order valence-electron chi connectivity index (χ3n) is 6.10. The van der Waals surface area contributed by atoms with Crippen LogP contribution in [0.3, 0.4) is 0 Å². The van der Waals surface area contributed by atoms with E-state index >= 15 is 0 Å². The summed E-state index contributed by atoms with van der Waals surface area (Å²) in [7, 11) is 0. The van der Waals surface area contributed by atoms with Gasteiger partial charge in [0, 0.05) is 43.8 Å². The molecular formula is C23H29BrN8O3. The Balaban J connectivity index is 1.27. The summed E-state index contributed by atoms with van der Waals surface area (Å²) in [5.41, 5.74) is 5.75. The molecule has 1 saturated heterocycles. The normalized spacial score (nSPS) is 15.9. The van der Waals surface area contributed by atoms with Crippen LogP contribution in [0, 0.1) is 5.41 Å². The van der Waals surface area contributed by atoms with Gasteiger partial charge in [-0.1, -0.05) is 6.07 Å². The molecule has 4 rings (SSSR count). The molecule has 0 radical (unpaired) electrons. The van der Waals surface area contributed by atoms with Crippen molar-refractivity contribution in [1.82, 2.24) is 20.2 Å². The van der Waals surface area contributed by atoms with E-state index in [1.54, 1.807) is 6.20 Å². The fraction of sp³-hybridized carbons (Fsp3) is 0.435. The van der Waals surface area contributed by atoms with E-state index in [1.165, 1.54) is 0 Å². The Kier molecular flexibility index (Phi) is 7.69. The Morgan fingerprint density at radius 2 is 1.86 bits per heavy atom. The minimum Gasteiger partial charge on any atom is -0.369 e. The molecule has 6 N–H and O–H groups in total. The smallest absolute Gasteiger partial charge is 0.321 e. The van der Waals surface area contributed by atoms with Gasteiger partial charge in [0.05, 0.1) is 4.47 Å². The minimum atomic E-state index is -1.00. The molecule has 0 atom stereocenters. The predicted octanol–water partition coefficient (Wildman–Crippen LogP) is 2.79. The molecule has 1 aliphatic heterocycles. The van der Waals surface area contributed by atoms with Crippen molar-refractivity contribution in [2.24, 2.45) is 11.1 Å². The van der Waals surface area contributed by atoms with Crippen LogP contribution >= 0.6 is 15.9 Å². The number of hydrogen-bond donors (Lipinski definition) is 5. The van der Waals surface area contributed by atoms with Crippen molar-refractivity contribution in [2.45, 2.75) is 32.1 Å². The number of anilines is 4. The van der Waals surface area contributed by atoms with E-state index in [-0.39, 0.29) is 11.9 Å². The second kappa shape index (κ2) is 10.9. The maximum Gasteiger partial charge on any atom is 0.321 e. The van der Waals surface area contributed by atoms with Crippen LogP contribution in [0.25, 0.3) is 0 Å². The molecule has 12 heteroatoms. The van der Waals surface area contributed by atoms with Crippen LogP contribution in [-0.4, -0.2) is 58.9 Å². The molecule has 1 aliphatic carbocycles. The average molecular weight is 545 g/mol. The molecule has 186 valence electrons. The molecule has 1 saturated carbocycles. The lowest BCUT2D eigenvalue weighted by atomic mass is 10.1. The zero-order valence-corrected chi connectivity index (χ0v) is 20.9. The second-order valence-electron chi connectivity index (χ2n) is 8.70. The van der Waals surface area contributed by atoms with Crippen LogP contribution < -0.4 is 27.0 Å². The number of nitrogens with zero attached hydrogens (tertiary/aromatic N) is 3. The molecule has 0 bridgehead atoms. The highest BCUT2D eigenvalue weighted by Crippen LogP contribution is 2.45. The first-order valence-corrected chi connectivity index (χ1v) is 12.4. The summed E-state index contributed by atoms with van der Waals surface area (Å²) in [4.78, 5) is 46.5. The summed E-state index contributed by atoms with van der Waals surface area (Å²) in [6.07, 6.45) is 5.39. The number of aromatic nitrogens is 2. The van der Waals surface area contributed by atoms with Crippen molar-refractivity contribution < 1.29 is 14.4 Å². The average Bonchev–Trinajstić information content (AvgIpc) is 3.48. The molecule has 4 amide bonds. The minimum absolute atomic E-state index is 0.0934. The van der Waals surface area contributed by atoms with Gasteiger partial charge in [-0.15, -0.1) is 0 Å². The van der Waals surface area contributed by atoms with Gasteiger partial charge in [-0.2, -0.15) is 4.98 Å². The Hall–Kier alpha value is -3.41. The highest BCUT2D eigenvalue weighted by molar-refractivity contribution is 9.10. The second-order valence-corrected chi connectivity index (χ2v) is 9.56. The highest BCUT2D eigenvalue weighted by Gasteiger charge is 2.55. The van der Waals surface area contributed by atoms with E-state index in [2.05, 4.69) is 47.2 Å². The van der Waals surface area contributed by atoms with Gasteiger partial charge in [0.15, 0.2) is 0 Å². The first-order chi connectivity index (χ1) is 16.9.